The van der Waals surface area contributed by atoms with Crippen molar-refractivity contribution in [1.82, 2.24) is 0 Å². The van der Waals surface area contributed by atoms with Gasteiger partial charge in [0.05, 0.1) is 0 Å². The minimum atomic E-state index is 0.836. The second kappa shape index (κ2) is 7.57. The zero-order valence-corrected chi connectivity index (χ0v) is 9.87. The molecule has 0 spiro atoms. The summed E-state index contributed by atoms with van der Waals surface area (Å²) in [6.45, 7) is 2.25. The number of benzene rings is 1. The first-order valence-corrected chi connectivity index (χ1v) is 6.48. The SMILES string of the molecule is CCCCC/C=C/[Si]c1ccccc1. The van der Waals surface area contributed by atoms with Crippen LogP contribution in [-0.4, -0.2) is 9.52 Å². The zero-order chi connectivity index (χ0) is 10.1. The van der Waals surface area contributed by atoms with Crippen molar-refractivity contribution in [3.8, 4) is 0 Å². The Bertz CT molecular complexity index is 251. The second-order valence-corrected chi connectivity index (χ2v) is 4.61. The molecule has 0 saturated heterocycles. The lowest BCUT2D eigenvalue weighted by atomic mass is 10.2. The van der Waals surface area contributed by atoms with Gasteiger partial charge < -0.3 is 0 Å². The highest BCUT2D eigenvalue weighted by Crippen LogP contribution is 1.98. The summed E-state index contributed by atoms with van der Waals surface area (Å²) in [5, 5.41) is 1.43. The zero-order valence-electron chi connectivity index (χ0n) is 8.87. The van der Waals surface area contributed by atoms with E-state index in [-0.39, 0.29) is 0 Å². The lowest BCUT2D eigenvalue weighted by molar-refractivity contribution is 0.729. The maximum absolute atomic E-state index is 2.32. The first-order chi connectivity index (χ1) is 6.93. The van der Waals surface area contributed by atoms with E-state index in [0.29, 0.717) is 0 Å². The molecule has 0 unspecified atom stereocenters. The van der Waals surface area contributed by atoms with Crippen LogP contribution in [-0.2, 0) is 0 Å². The lowest BCUT2D eigenvalue weighted by Gasteiger charge is -1.93. The van der Waals surface area contributed by atoms with Crippen LogP contribution in [0.15, 0.2) is 42.1 Å². The van der Waals surface area contributed by atoms with Gasteiger partial charge in [0.2, 0.25) is 0 Å². The van der Waals surface area contributed by atoms with E-state index < -0.39 is 0 Å². The molecule has 0 fully saturated rings. The van der Waals surface area contributed by atoms with Gasteiger partial charge in [-0.05, 0) is 12.8 Å². The summed E-state index contributed by atoms with van der Waals surface area (Å²) in [4.78, 5) is 0. The van der Waals surface area contributed by atoms with Crippen LogP contribution in [0, 0.1) is 0 Å². The molecular formula is C13H18Si. The summed E-state index contributed by atoms with van der Waals surface area (Å²) in [5.41, 5.74) is 2.31. The molecule has 0 aliphatic carbocycles. The first kappa shape index (κ1) is 11.3. The Morgan fingerprint density at radius 2 is 1.93 bits per heavy atom. The van der Waals surface area contributed by atoms with Crippen molar-refractivity contribution in [1.29, 1.82) is 0 Å². The first-order valence-electron chi connectivity index (χ1n) is 5.40. The summed E-state index contributed by atoms with van der Waals surface area (Å²) >= 11 is 0. The van der Waals surface area contributed by atoms with Crippen LogP contribution >= 0.6 is 0 Å². The summed E-state index contributed by atoms with van der Waals surface area (Å²) in [5.74, 6) is 0. The van der Waals surface area contributed by atoms with Crippen LogP contribution in [0.25, 0.3) is 0 Å². The van der Waals surface area contributed by atoms with E-state index in [0.717, 1.165) is 9.52 Å². The van der Waals surface area contributed by atoms with Gasteiger partial charge in [0.15, 0.2) is 0 Å². The summed E-state index contributed by atoms with van der Waals surface area (Å²) in [6.07, 6.45) is 7.58. The highest BCUT2D eigenvalue weighted by molar-refractivity contribution is 6.58. The fourth-order valence-electron chi connectivity index (χ4n) is 1.29. The third kappa shape index (κ3) is 5.03. The number of allylic oxidation sites excluding steroid dienone is 1. The fourth-order valence-corrected chi connectivity index (χ4v) is 2.15. The van der Waals surface area contributed by atoms with Crippen molar-refractivity contribution in [2.45, 2.75) is 32.6 Å². The lowest BCUT2D eigenvalue weighted by Crippen LogP contribution is -2.10. The monoisotopic (exact) mass is 202 g/mol. The van der Waals surface area contributed by atoms with Gasteiger partial charge in [-0.25, -0.2) is 0 Å². The normalized spacial score (nSPS) is 10.9. The molecule has 1 rings (SSSR count). The molecule has 14 heavy (non-hydrogen) atoms. The van der Waals surface area contributed by atoms with Crippen LogP contribution in [0.5, 0.6) is 0 Å². The molecule has 0 atom stereocenters. The third-order valence-electron chi connectivity index (χ3n) is 2.12. The van der Waals surface area contributed by atoms with E-state index in [4.69, 9.17) is 0 Å². The Morgan fingerprint density at radius 3 is 2.64 bits per heavy atom. The highest BCUT2D eigenvalue weighted by Gasteiger charge is 1.87. The van der Waals surface area contributed by atoms with Crippen molar-refractivity contribution in [3.05, 3.63) is 42.1 Å². The van der Waals surface area contributed by atoms with Gasteiger partial charge in [-0.1, -0.05) is 67.1 Å². The average Bonchev–Trinajstić information content (AvgIpc) is 2.25. The Balaban J connectivity index is 2.14. The van der Waals surface area contributed by atoms with E-state index in [1.807, 2.05) is 0 Å². The molecule has 1 heteroatoms. The van der Waals surface area contributed by atoms with Gasteiger partial charge in [0.1, 0.15) is 9.52 Å². The predicted molar refractivity (Wildman–Crippen MR) is 65.1 cm³/mol. The van der Waals surface area contributed by atoms with Gasteiger partial charge in [0.25, 0.3) is 0 Å². The molecule has 0 aliphatic rings. The standard InChI is InChI=1S/C13H18Si/c1-2-3-4-5-9-12-14-13-10-7-6-8-11-13/h6-12H,2-5H2,1H3/b12-9+. The van der Waals surface area contributed by atoms with E-state index in [1.54, 1.807) is 0 Å². The average molecular weight is 202 g/mol. The van der Waals surface area contributed by atoms with Crippen molar-refractivity contribution in [2.75, 3.05) is 0 Å². The predicted octanol–water partition coefficient (Wildman–Crippen LogP) is 3.11. The molecule has 1 aromatic rings. The molecule has 0 bridgehead atoms. The van der Waals surface area contributed by atoms with Crippen molar-refractivity contribution < 1.29 is 0 Å². The summed E-state index contributed by atoms with van der Waals surface area (Å²) in [6, 6.07) is 10.7. The van der Waals surface area contributed by atoms with Gasteiger partial charge in [0, 0.05) is 0 Å². The Morgan fingerprint density at radius 1 is 1.14 bits per heavy atom. The maximum Gasteiger partial charge on any atom is 0.111 e. The van der Waals surface area contributed by atoms with E-state index in [1.165, 1.54) is 30.9 Å². The molecule has 2 radical (unpaired) electrons. The number of rotatable bonds is 6. The van der Waals surface area contributed by atoms with Crippen LogP contribution in [0.1, 0.15) is 32.6 Å². The highest BCUT2D eigenvalue weighted by atomic mass is 28.2. The van der Waals surface area contributed by atoms with Gasteiger partial charge >= 0.3 is 0 Å². The molecule has 0 N–H and O–H groups in total. The maximum atomic E-state index is 2.32. The van der Waals surface area contributed by atoms with Crippen LogP contribution in [0.4, 0.5) is 0 Å². The smallest absolute Gasteiger partial charge is 0.0973 e. The number of hydrogen-bond donors (Lipinski definition) is 0. The van der Waals surface area contributed by atoms with Crippen LogP contribution < -0.4 is 5.19 Å². The van der Waals surface area contributed by atoms with Crippen molar-refractivity contribution >= 4 is 14.7 Å². The minimum absolute atomic E-state index is 0.836. The number of hydrogen-bond acceptors (Lipinski definition) is 0. The minimum Gasteiger partial charge on any atom is -0.0973 e. The van der Waals surface area contributed by atoms with E-state index >= 15 is 0 Å². The topological polar surface area (TPSA) is 0 Å². The third-order valence-corrected chi connectivity index (χ3v) is 3.19. The molecule has 0 heterocycles. The van der Waals surface area contributed by atoms with Crippen LogP contribution in [0.3, 0.4) is 0 Å². The van der Waals surface area contributed by atoms with Crippen molar-refractivity contribution in [3.63, 3.8) is 0 Å². The molecule has 0 aliphatic heterocycles. The second-order valence-electron chi connectivity index (χ2n) is 3.41. The summed E-state index contributed by atoms with van der Waals surface area (Å²) < 4.78 is 0. The van der Waals surface area contributed by atoms with Gasteiger partial charge in [-0.2, -0.15) is 0 Å². The molecule has 0 nitrogen and oxygen atoms in total. The quantitative estimate of drug-likeness (QED) is 0.491. The van der Waals surface area contributed by atoms with Gasteiger partial charge in [-0.3, -0.25) is 0 Å². The Kier molecular flexibility index (Phi) is 6.08. The Labute approximate surface area is 89.9 Å². The molecule has 74 valence electrons. The van der Waals surface area contributed by atoms with Crippen LogP contribution in [0.2, 0.25) is 0 Å². The Hall–Kier alpha value is -0.823. The van der Waals surface area contributed by atoms with E-state index in [2.05, 4.69) is 49.0 Å². The molecule has 0 aromatic heterocycles. The van der Waals surface area contributed by atoms with Gasteiger partial charge in [-0.15, -0.1) is 0 Å². The fraction of sp³-hybridized carbons (Fsp3) is 0.385. The molecule has 0 amide bonds. The molecule has 1 aromatic carbocycles. The molecule has 0 saturated carbocycles. The number of unbranched alkanes of at least 4 members (excludes halogenated alkanes) is 3. The summed E-state index contributed by atoms with van der Waals surface area (Å²) in [7, 11) is 0.836. The molecular weight excluding hydrogens is 184 g/mol. The van der Waals surface area contributed by atoms with E-state index in [9.17, 15) is 0 Å². The van der Waals surface area contributed by atoms with Crippen molar-refractivity contribution in [2.24, 2.45) is 0 Å². The largest absolute Gasteiger partial charge is 0.111 e.